The average molecular weight is 159 g/mol. The summed E-state index contributed by atoms with van der Waals surface area (Å²) in [6.45, 7) is 2.04. The highest BCUT2D eigenvalue weighted by molar-refractivity contribution is 5.83. The largest absolute Gasteiger partial charge is 0.619 e. The number of nitrogens with zero attached hydrogens (tertiary/aromatic N) is 1. The Balaban J connectivity index is 2.86. The Morgan fingerprint density at radius 3 is 2.92 bits per heavy atom. The van der Waals surface area contributed by atoms with Gasteiger partial charge in [-0.1, -0.05) is 12.1 Å². The maximum absolute atomic E-state index is 10.9. The SMILES string of the molecule is Cc1cccc2c[n+]([O-])ccc12. The molecule has 0 aliphatic rings. The number of pyridine rings is 1. The molecule has 0 radical (unpaired) electrons. The molecule has 0 fully saturated rings. The van der Waals surface area contributed by atoms with E-state index >= 15 is 0 Å². The van der Waals surface area contributed by atoms with Crippen LogP contribution in [-0.4, -0.2) is 0 Å². The monoisotopic (exact) mass is 159 g/mol. The smallest absolute Gasteiger partial charge is 0.188 e. The van der Waals surface area contributed by atoms with Crippen molar-refractivity contribution in [1.29, 1.82) is 0 Å². The number of rotatable bonds is 0. The lowest BCUT2D eigenvalue weighted by molar-refractivity contribution is -0.603. The van der Waals surface area contributed by atoms with Crippen molar-refractivity contribution in [2.24, 2.45) is 0 Å². The van der Waals surface area contributed by atoms with Gasteiger partial charge < -0.3 is 5.21 Å². The van der Waals surface area contributed by atoms with E-state index in [1.165, 1.54) is 11.8 Å². The maximum Gasteiger partial charge on any atom is 0.188 e. The first-order valence-corrected chi connectivity index (χ1v) is 3.85. The molecule has 0 unspecified atom stereocenters. The predicted molar refractivity (Wildman–Crippen MR) is 47.6 cm³/mol. The Labute approximate surface area is 70.7 Å². The van der Waals surface area contributed by atoms with Crippen LogP contribution in [0.3, 0.4) is 0 Å². The van der Waals surface area contributed by atoms with E-state index in [-0.39, 0.29) is 0 Å². The van der Waals surface area contributed by atoms with Gasteiger partial charge in [-0.25, -0.2) is 0 Å². The highest BCUT2D eigenvalue weighted by atomic mass is 16.5. The van der Waals surface area contributed by atoms with Crippen LogP contribution in [-0.2, 0) is 0 Å². The molecule has 0 N–H and O–H groups in total. The van der Waals surface area contributed by atoms with Crippen molar-refractivity contribution in [3.05, 3.63) is 47.4 Å². The van der Waals surface area contributed by atoms with Crippen LogP contribution in [0.25, 0.3) is 10.8 Å². The van der Waals surface area contributed by atoms with E-state index in [4.69, 9.17) is 0 Å². The lowest BCUT2D eigenvalue weighted by atomic mass is 10.1. The topological polar surface area (TPSA) is 26.9 Å². The van der Waals surface area contributed by atoms with E-state index in [0.29, 0.717) is 0 Å². The van der Waals surface area contributed by atoms with Gasteiger partial charge in [0.05, 0.1) is 0 Å². The molecule has 12 heavy (non-hydrogen) atoms. The number of hydrogen-bond donors (Lipinski definition) is 0. The van der Waals surface area contributed by atoms with Crippen molar-refractivity contribution in [3.63, 3.8) is 0 Å². The number of benzene rings is 1. The van der Waals surface area contributed by atoms with E-state index in [1.54, 1.807) is 6.20 Å². The third kappa shape index (κ3) is 1.01. The molecule has 60 valence electrons. The number of aryl methyl sites for hydroxylation is 1. The molecule has 2 aromatic rings. The first-order valence-electron chi connectivity index (χ1n) is 3.85. The molecule has 1 aromatic heterocycles. The van der Waals surface area contributed by atoms with E-state index in [9.17, 15) is 5.21 Å². The molecule has 0 aliphatic carbocycles. The van der Waals surface area contributed by atoms with E-state index < -0.39 is 0 Å². The molecule has 1 aromatic carbocycles. The normalized spacial score (nSPS) is 10.4. The van der Waals surface area contributed by atoms with Crippen molar-refractivity contribution in [3.8, 4) is 0 Å². The summed E-state index contributed by atoms with van der Waals surface area (Å²) in [5, 5.41) is 13.0. The molecular formula is C10H9NO. The van der Waals surface area contributed by atoms with Crippen LogP contribution in [0.2, 0.25) is 0 Å². The second-order valence-corrected chi connectivity index (χ2v) is 2.88. The van der Waals surface area contributed by atoms with E-state index in [0.717, 1.165) is 15.5 Å². The van der Waals surface area contributed by atoms with Crippen LogP contribution in [0.15, 0.2) is 36.7 Å². The Morgan fingerprint density at radius 1 is 1.25 bits per heavy atom. The second kappa shape index (κ2) is 2.48. The molecule has 1 heterocycles. The Hall–Kier alpha value is -1.57. The first kappa shape index (κ1) is 7.10. The minimum Gasteiger partial charge on any atom is -0.619 e. The van der Waals surface area contributed by atoms with Crippen LogP contribution in [0, 0.1) is 12.1 Å². The Morgan fingerprint density at radius 2 is 2.08 bits per heavy atom. The van der Waals surface area contributed by atoms with Crippen molar-refractivity contribution in [1.82, 2.24) is 0 Å². The highest BCUT2D eigenvalue weighted by Crippen LogP contribution is 2.14. The van der Waals surface area contributed by atoms with Crippen molar-refractivity contribution in [2.75, 3.05) is 0 Å². The summed E-state index contributed by atoms with van der Waals surface area (Å²) in [5.74, 6) is 0. The molecule has 0 spiro atoms. The molecule has 0 saturated heterocycles. The van der Waals surface area contributed by atoms with E-state index in [1.807, 2.05) is 31.2 Å². The van der Waals surface area contributed by atoms with Gasteiger partial charge in [-0.05, 0) is 23.9 Å². The number of hydrogen-bond acceptors (Lipinski definition) is 1. The second-order valence-electron chi connectivity index (χ2n) is 2.88. The molecule has 0 bridgehead atoms. The van der Waals surface area contributed by atoms with Crippen LogP contribution in [0.5, 0.6) is 0 Å². The fourth-order valence-corrected chi connectivity index (χ4v) is 1.37. The van der Waals surface area contributed by atoms with Gasteiger partial charge in [-0.3, -0.25) is 0 Å². The molecule has 0 aliphatic heterocycles. The summed E-state index contributed by atoms with van der Waals surface area (Å²) < 4.78 is 0.821. The molecular weight excluding hydrogens is 150 g/mol. The zero-order chi connectivity index (χ0) is 8.55. The van der Waals surface area contributed by atoms with Crippen molar-refractivity contribution in [2.45, 2.75) is 6.92 Å². The molecule has 0 atom stereocenters. The standard InChI is InChI=1S/C10H9NO/c1-8-3-2-4-9-7-11(12)6-5-10(8)9/h2-7H,1H3. The van der Waals surface area contributed by atoms with Gasteiger partial charge in [0.25, 0.3) is 0 Å². The van der Waals surface area contributed by atoms with Gasteiger partial charge >= 0.3 is 0 Å². The summed E-state index contributed by atoms with van der Waals surface area (Å²) in [6.07, 6.45) is 3.11. The Kier molecular flexibility index (Phi) is 1.47. The third-order valence-electron chi connectivity index (χ3n) is 2.01. The van der Waals surface area contributed by atoms with Gasteiger partial charge in [0.15, 0.2) is 12.4 Å². The fourth-order valence-electron chi connectivity index (χ4n) is 1.37. The van der Waals surface area contributed by atoms with Gasteiger partial charge in [-0.2, -0.15) is 4.73 Å². The third-order valence-corrected chi connectivity index (χ3v) is 2.01. The number of aromatic nitrogens is 1. The zero-order valence-electron chi connectivity index (χ0n) is 6.82. The lowest BCUT2D eigenvalue weighted by Gasteiger charge is -2.00. The molecule has 2 rings (SSSR count). The molecule has 0 saturated carbocycles. The van der Waals surface area contributed by atoms with Crippen LogP contribution < -0.4 is 4.73 Å². The highest BCUT2D eigenvalue weighted by Gasteiger charge is 1.98. The van der Waals surface area contributed by atoms with Crippen LogP contribution in [0.1, 0.15) is 5.56 Å². The van der Waals surface area contributed by atoms with Crippen LogP contribution >= 0.6 is 0 Å². The van der Waals surface area contributed by atoms with Gasteiger partial charge in [0.1, 0.15) is 0 Å². The maximum atomic E-state index is 10.9. The van der Waals surface area contributed by atoms with E-state index in [2.05, 4.69) is 0 Å². The van der Waals surface area contributed by atoms with Gasteiger partial charge in [-0.15, -0.1) is 0 Å². The van der Waals surface area contributed by atoms with Crippen molar-refractivity contribution < 1.29 is 4.73 Å². The van der Waals surface area contributed by atoms with Crippen LogP contribution in [0.4, 0.5) is 0 Å². The number of fused-ring (bicyclic) bond motifs is 1. The van der Waals surface area contributed by atoms with Crippen molar-refractivity contribution >= 4 is 10.8 Å². The lowest BCUT2D eigenvalue weighted by Crippen LogP contribution is -2.23. The summed E-state index contributed by atoms with van der Waals surface area (Å²) in [4.78, 5) is 0. The fraction of sp³-hybridized carbons (Fsp3) is 0.100. The predicted octanol–water partition coefficient (Wildman–Crippen LogP) is 1.78. The average Bonchev–Trinajstić information content (AvgIpc) is 2.04. The minimum atomic E-state index is 0.821. The minimum absolute atomic E-state index is 0.821. The van der Waals surface area contributed by atoms with Gasteiger partial charge in [0, 0.05) is 11.5 Å². The summed E-state index contributed by atoms with van der Waals surface area (Å²) in [6, 6.07) is 7.78. The molecule has 2 nitrogen and oxygen atoms in total. The Bertz CT molecular complexity index is 423. The summed E-state index contributed by atoms with van der Waals surface area (Å²) in [7, 11) is 0. The quantitative estimate of drug-likeness (QED) is 0.425. The van der Waals surface area contributed by atoms with Gasteiger partial charge in [0.2, 0.25) is 0 Å². The molecule has 0 amide bonds. The summed E-state index contributed by atoms with van der Waals surface area (Å²) in [5.41, 5.74) is 1.20. The zero-order valence-corrected chi connectivity index (χ0v) is 6.82. The first-order chi connectivity index (χ1) is 5.77. The summed E-state index contributed by atoms with van der Waals surface area (Å²) >= 11 is 0. The molecule has 2 heteroatoms.